The van der Waals surface area contributed by atoms with Crippen LogP contribution in [0.4, 0.5) is 10.1 Å². The number of aliphatic hydroxyl groups is 1. The minimum atomic E-state index is -3.47. The molecule has 1 aliphatic heterocycles. The van der Waals surface area contributed by atoms with Gasteiger partial charge in [0.25, 0.3) is 5.91 Å². The number of benzene rings is 3. The molecule has 1 heterocycles. The van der Waals surface area contributed by atoms with Crippen molar-refractivity contribution in [2.45, 2.75) is 42.5 Å². The molecule has 0 saturated carbocycles. The SMILES string of the molecule is CCc1ccc2c(c1)CCN(c1ccc(C(=O)NC(CO)c3ccc(S(=O)(=O)CC)cc3)cc1F)S2(O)O. The second-order valence-corrected chi connectivity index (χ2v) is 13.2. The van der Waals surface area contributed by atoms with Gasteiger partial charge in [-0.2, -0.15) is 0 Å². The lowest BCUT2D eigenvalue weighted by Gasteiger charge is -2.48. The van der Waals surface area contributed by atoms with E-state index in [1.807, 2.05) is 19.1 Å². The van der Waals surface area contributed by atoms with Crippen LogP contribution in [0.2, 0.25) is 0 Å². The molecular weight excluding hydrogens is 531 g/mol. The average Bonchev–Trinajstić information content (AvgIpc) is 2.91. The first-order valence-electron chi connectivity index (χ1n) is 12.2. The first-order valence-corrected chi connectivity index (χ1v) is 15.4. The van der Waals surface area contributed by atoms with Crippen molar-refractivity contribution in [3.63, 3.8) is 0 Å². The van der Waals surface area contributed by atoms with E-state index < -0.39 is 45.0 Å². The number of carbonyl (C=O) groups is 1. The topological polar surface area (TPSA) is 127 Å². The summed E-state index contributed by atoms with van der Waals surface area (Å²) < 4.78 is 62.6. The largest absolute Gasteiger partial charge is 0.394 e. The number of hydrogen-bond acceptors (Lipinski definition) is 7. The standard InChI is InChI=1S/C27H31FN2O6S2/c1-3-18-5-12-26-20(15-18)13-14-30(38(26,35)36)25-11-8-21(16-23(25)28)27(32)29-24(17-31)19-6-9-22(10-7-19)37(33,34)4-2/h5-12,15-16,24,31,35-36H,3-4,13-14,17H2,1-2H3,(H,29,32). The Balaban J connectivity index is 1.53. The van der Waals surface area contributed by atoms with Gasteiger partial charge in [0.15, 0.2) is 9.84 Å². The maximum Gasteiger partial charge on any atom is 0.251 e. The lowest BCUT2D eigenvalue weighted by molar-refractivity contribution is 0.0915. The average molecular weight is 563 g/mol. The number of rotatable bonds is 8. The van der Waals surface area contributed by atoms with Crippen LogP contribution in [-0.2, 0) is 22.7 Å². The van der Waals surface area contributed by atoms with Gasteiger partial charge >= 0.3 is 0 Å². The summed E-state index contributed by atoms with van der Waals surface area (Å²) in [5, 5.41) is 12.4. The zero-order valence-corrected chi connectivity index (χ0v) is 22.7. The third-order valence-electron chi connectivity index (χ3n) is 6.71. The summed E-state index contributed by atoms with van der Waals surface area (Å²) in [7, 11) is -6.86. The fourth-order valence-electron chi connectivity index (χ4n) is 4.44. The van der Waals surface area contributed by atoms with Crippen LogP contribution >= 0.6 is 10.8 Å². The molecule has 1 unspecified atom stereocenters. The van der Waals surface area contributed by atoms with Crippen molar-refractivity contribution >= 4 is 32.2 Å². The number of nitrogens with one attached hydrogen (secondary N) is 1. The Labute approximate surface area is 223 Å². The van der Waals surface area contributed by atoms with E-state index in [0.29, 0.717) is 16.9 Å². The number of halogens is 1. The molecule has 4 N–H and O–H groups in total. The van der Waals surface area contributed by atoms with Crippen molar-refractivity contribution in [2.24, 2.45) is 0 Å². The molecule has 0 radical (unpaired) electrons. The van der Waals surface area contributed by atoms with E-state index in [2.05, 4.69) is 5.32 Å². The van der Waals surface area contributed by atoms with Gasteiger partial charge < -0.3 is 10.4 Å². The number of nitrogens with zero attached hydrogens (tertiary/aromatic N) is 1. The monoisotopic (exact) mass is 562 g/mol. The zero-order valence-electron chi connectivity index (χ0n) is 21.1. The quantitative estimate of drug-likeness (QED) is 0.313. The van der Waals surface area contributed by atoms with Gasteiger partial charge in [0.05, 0.1) is 33.9 Å². The Bertz CT molecular complexity index is 1440. The van der Waals surface area contributed by atoms with Crippen LogP contribution in [-0.4, -0.2) is 47.4 Å². The van der Waals surface area contributed by atoms with Crippen LogP contribution in [0.15, 0.2) is 70.5 Å². The maximum absolute atomic E-state index is 15.2. The summed E-state index contributed by atoms with van der Waals surface area (Å²) in [6.07, 6.45) is 1.33. The number of amides is 1. The number of hydrogen-bond donors (Lipinski definition) is 4. The molecule has 11 heteroatoms. The van der Waals surface area contributed by atoms with Crippen LogP contribution in [0, 0.1) is 5.82 Å². The lowest BCUT2D eigenvalue weighted by Crippen LogP contribution is -2.35. The fourth-order valence-corrected chi connectivity index (χ4v) is 7.09. The van der Waals surface area contributed by atoms with Gasteiger partial charge in [-0.25, -0.2) is 12.8 Å². The number of sulfone groups is 1. The molecular formula is C27H31FN2O6S2. The zero-order chi connectivity index (χ0) is 27.7. The highest BCUT2D eigenvalue weighted by molar-refractivity contribution is 8.25. The summed E-state index contributed by atoms with van der Waals surface area (Å²) in [6, 6.07) is 14.2. The molecule has 0 aromatic heterocycles. The smallest absolute Gasteiger partial charge is 0.251 e. The highest BCUT2D eigenvalue weighted by atomic mass is 32.3. The number of anilines is 1. The molecule has 1 amide bonds. The highest BCUT2D eigenvalue weighted by Gasteiger charge is 2.34. The van der Waals surface area contributed by atoms with Gasteiger partial charge in [-0.1, -0.05) is 48.9 Å². The first-order chi connectivity index (χ1) is 18.0. The number of aliphatic hydroxyl groups excluding tert-OH is 1. The van der Waals surface area contributed by atoms with Crippen LogP contribution in [0.5, 0.6) is 0 Å². The Hall–Kier alpha value is -2.96. The van der Waals surface area contributed by atoms with Gasteiger partial charge in [0.2, 0.25) is 0 Å². The second kappa shape index (κ2) is 11.0. The van der Waals surface area contributed by atoms with Crippen molar-refractivity contribution in [1.29, 1.82) is 0 Å². The minimum absolute atomic E-state index is 0.0173. The fraction of sp³-hybridized carbons (Fsp3) is 0.296. The Morgan fingerprint density at radius 1 is 1.08 bits per heavy atom. The summed E-state index contributed by atoms with van der Waals surface area (Å²) in [4.78, 5) is 13.4. The van der Waals surface area contributed by atoms with Crippen molar-refractivity contribution in [3.8, 4) is 0 Å². The van der Waals surface area contributed by atoms with Crippen molar-refractivity contribution in [1.82, 2.24) is 5.32 Å². The summed E-state index contributed by atoms with van der Waals surface area (Å²) in [6.45, 7) is 3.29. The van der Waals surface area contributed by atoms with E-state index in [1.165, 1.54) is 40.7 Å². The van der Waals surface area contributed by atoms with Crippen molar-refractivity contribution < 1.29 is 31.8 Å². The highest BCUT2D eigenvalue weighted by Crippen LogP contribution is 2.57. The van der Waals surface area contributed by atoms with Gasteiger partial charge in [-0.05, 0) is 65.9 Å². The van der Waals surface area contributed by atoms with Crippen molar-refractivity contribution in [2.75, 3.05) is 23.2 Å². The molecule has 1 aliphatic rings. The predicted octanol–water partition coefficient (Wildman–Crippen LogP) is 4.73. The molecule has 4 rings (SSSR count). The molecule has 0 bridgehead atoms. The van der Waals surface area contributed by atoms with Crippen molar-refractivity contribution in [3.05, 3.63) is 88.7 Å². The van der Waals surface area contributed by atoms with Crippen LogP contribution < -0.4 is 9.62 Å². The molecule has 204 valence electrons. The van der Waals surface area contributed by atoms with Crippen LogP contribution in [0.25, 0.3) is 0 Å². The van der Waals surface area contributed by atoms with Gasteiger partial charge in [-0.3, -0.25) is 18.2 Å². The molecule has 8 nitrogen and oxygen atoms in total. The second-order valence-electron chi connectivity index (χ2n) is 9.01. The van der Waals surface area contributed by atoms with Gasteiger partial charge in [-0.15, -0.1) is 0 Å². The normalized spacial score (nSPS) is 16.4. The van der Waals surface area contributed by atoms with E-state index in [0.717, 1.165) is 23.6 Å². The lowest BCUT2D eigenvalue weighted by atomic mass is 10.1. The number of fused-ring (bicyclic) bond motifs is 1. The van der Waals surface area contributed by atoms with E-state index in [4.69, 9.17) is 0 Å². The number of aryl methyl sites for hydroxylation is 1. The Morgan fingerprint density at radius 2 is 1.79 bits per heavy atom. The molecule has 38 heavy (non-hydrogen) atoms. The molecule has 3 aromatic carbocycles. The molecule has 3 aromatic rings. The Morgan fingerprint density at radius 3 is 2.39 bits per heavy atom. The molecule has 0 fully saturated rings. The number of carbonyl (C=O) groups excluding carboxylic acids is 1. The molecule has 0 saturated heterocycles. The summed E-state index contributed by atoms with van der Waals surface area (Å²) >= 11 is 0. The Kier molecular flexibility index (Phi) is 8.15. The molecule has 1 atom stereocenters. The van der Waals surface area contributed by atoms with Crippen LogP contribution in [0.1, 0.15) is 46.9 Å². The minimum Gasteiger partial charge on any atom is -0.394 e. The first kappa shape index (κ1) is 28.1. The summed E-state index contributed by atoms with van der Waals surface area (Å²) in [5.74, 6) is -1.49. The van der Waals surface area contributed by atoms with E-state index in [1.54, 1.807) is 13.0 Å². The van der Waals surface area contributed by atoms with Crippen LogP contribution in [0.3, 0.4) is 0 Å². The maximum atomic E-state index is 15.2. The van der Waals surface area contributed by atoms with E-state index in [-0.39, 0.29) is 28.4 Å². The van der Waals surface area contributed by atoms with E-state index >= 15 is 4.39 Å². The third-order valence-corrected chi connectivity index (χ3v) is 10.4. The van der Waals surface area contributed by atoms with E-state index in [9.17, 15) is 27.4 Å². The van der Waals surface area contributed by atoms with Gasteiger partial charge in [0, 0.05) is 12.1 Å². The molecule has 0 spiro atoms. The van der Waals surface area contributed by atoms with Gasteiger partial charge in [0.1, 0.15) is 5.82 Å². The molecule has 0 aliphatic carbocycles. The third kappa shape index (κ3) is 5.43. The summed E-state index contributed by atoms with van der Waals surface area (Å²) in [5.41, 5.74) is 2.35. The predicted molar refractivity (Wildman–Crippen MR) is 146 cm³/mol.